The summed E-state index contributed by atoms with van der Waals surface area (Å²) >= 11 is 5.77. The SMILES string of the molecule is C[Si](C)(C)C#C[C@@]1(O)[C@@H](C(O)C(=O)c2ccc(Cl)cc2)O[C@H](O)[C@@H]1O. The van der Waals surface area contributed by atoms with Gasteiger partial charge in [-0.25, -0.2) is 0 Å². The minimum absolute atomic E-state index is 0.150. The normalized spacial score (nSPS) is 30.5. The van der Waals surface area contributed by atoms with Crippen molar-refractivity contribution in [3.63, 3.8) is 0 Å². The number of carbonyl (C=O) groups is 1. The molecule has 0 amide bonds. The summed E-state index contributed by atoms with van der Waals surface area (Å²) in [7, 11) is -1.94. The molecule has 1 aliphatic heterocycles. The monoisotopic (exact) mass is 384 g/mol. The maximum atomic E-state index is 12.5. The highest BCUT2D eigenvalue weighted by atomic mass is 35.5. The lowest BCUT2D eigenvalue weighted by atomic mass is 9.87. The Kier molecular flexibility index (Phi) is 5.76. The van der Waals surface area contributed by atoms with E-state index in [9.17, 15) is 25.2 Å². The summed E-state index contributed by atoms with van der Waals surface area (Å²) < 4.78 is 5.05. The Morgan fingerprint density at radius 2 is 1.84 bits per heavy atom. The second kappa shape index (κ2) is 7.17. The Balaban J connectivity index is 2.35. The second-order valence-electron chi connectivity index (χ2n) is 7.03. The minimum Gasteiger partial charge on any atom is -0.384 e. The summed E-state index contributed by atoms with van der Waals surface area (Å²) in [5.74, 6) is 1.78. The lowest BCUT2D eigenvalue weighted by Crippen LogP contribution is -2.53. The van der Waals surface area contributed by atoms with E-state index in [1.54, 1.807) is 0 Å². The van der Waals surface area contributed by atoms with E-state index in [-0.39, 0.29) is 5.56 Å². The second-order valence-corrected chi connectivity index (χ2v) is 12.2. The molecular formula is C17H21ClO6Si. The van der Waals surface area contributed by atoms with Crippen molar-refractivity contribution >= 4 is 25.5 Å². The van der Waals surface area contributed by atoms with Crippen LogP contribution in [0.15, 0.2) is 24.3 Å². The number of hydrogen-bond acceptors (Lipinski definition) is 6. The maximum absolute atomic E-state index is 12.5. The fourth-order valence-electron chi connectivity index (χ4n) is 2.38. The van der Waals surface area contributed by atoms with Gasteiger partial charge < -0.3 is 25.2 Å². The number of Topliss-reactive ketones (excluding diaryl/α,β-unsaturated/α-hetero) is 1. The molecule has 4 N–H and O–H groups in total. The summed E-state index contributed by atoms with van der Waals surface area (Å²) in [5, 5.41) is 41.4. The van der Waals surface area contributed by atoms with Crippen LogP contribution in [-0.4, -0.2) is 64.5 Å². The van der Waals surface area contributed by atoms with Gasteiger partial charge in [-0.1, -0.05) is 37.2 Å². The number of ketones is 1. The van der Waals surface area contributed by atoms with E-state index in [0.717, 1.165) is 0 Å². The highest BCUT2D eigenvalue weighted by molar-refractivity contribution is 6.83. The zero-order chi connectivity index (χ0) is 19.0. The van der Waals surface area contributed by atoms with Crippen molar-refractivity contribution in [2.24, 2.45) is 0 Å². The predicted molar refractivity (Wildman–Crippen MR) is 94.7 cm³/mol. The Morgan fingerprint density at radius 1 is 1.28 bits per heavy atom. The first-order valence-electron chi connectivity index (χ1n) is 7.72. The molecule has 1 unspecified atom stereocenters. The largest absolute Gasteiger partial charge is 0.384 e. The number of rotatable bonds is 3. The molecule has 0 aromatic heterocycles. The fourth-order valence-corrected chi connectivity index (χ4v) is 3.09. The number of benzene rings is 1. The van der Waals surface area contributed by atoms with Gasteiger partial charge in [-0.3, -0.25) is 4.79 Å². The Hall–Kier alpha value is -1.24. The van der Waals surface area contributed by atoms with Crippen LogP contribution in [-0.2, 0) is 4.74 Å². The molecule has 25 heavy (non-hydrogen) atoms. The van der Waals surface area contributed by atoms with Crippen LogP contribution in [0.25, 0.3) is 0 Å². The lowest BCUT2D eigenvalue weighted by Gasteiger charge is -2.28. The molecule has 1 aliphatic rings. The summed E-state index contributed by atoms with van der Waals surface area (Å²) in [4.78, 5) is 12.5. The molecule has 1 aromatic rings. The van der Waals surface area contributed by atoms with E-state index in [0.29, 0.717) is 5.02 Å². The number of halogens is 1. The summed E-state index contributed by atoms with van der Waals surface area (Å²) in [6, 6.07) is 5.81. The number of carbonyl (C=O) groups excluding carboxylic acids is 1. The Morgan fingerprint density at radius 3 is 2.36 bits per heavy atom. The van der Waals surface area contributed by atoms with Crippen LogP contribution in [0.5, 0.6) is 0 Å². The molecule has 8 heteroatoms. The van der Waals surface area contributed by atoms with Crippen molar-refractivity contribution in [3.8, 4) is 11.5 Å². The molecule has 0 saturated carbocycles. The van der Waals surface area contributed by atoms with Crippen molar-refractivity contribution in [2.45, 2.75) is 49.8 Å². The third-order valence-corrected chi connectivity index (χ3v) is 4.89. The fraction of sp³-hybridized carbons (Fsp3) is 0.471. The van der Waals surface area contributed by atoms with E-state index in [1.165, 1.54) is 24.3 Å². The third-order valence-electron chi connectivity index (χ3n) is 3.76. The van der Waals surface area contributed by atoms with Gasteiger partial charge >= 0.3 is 0 Å². The highest BCUT2D eigenvalue weighted by Gasteiger charge is 2.58. The number of ether oxygens (including phenoxy) is 1. The molecule has 5 atom stereocenters. The van der Waals surface area contributed by atoms with Crippen LogP contribution in [0.3, 0.4) is 0 Å². The van der Waals surface area contributed by atoms with Crippen LogP contribution >= 0.6 is 11.6 Å². The van der Waals surface area contributed by atoms with Crippen molar-refractivity contribution in [3.05, 3.63) is 34.9 Å². The molecule has 0 spiro atoms. The summed E-state index contributed by atoms with van der Waals surface area (Å²) in [6.07, 6.45) is -6.95. The van der Waals surface area contributed by atoms with Gasteiger partial charge in [0.25, 0.3) is 0 Å². The van der Waals surface area contributed by atoms with Gasteiger partial charge in [-0.05, 0) is 24.3 Å². The molecule has 136 valence electrons. The number of hydrogen-bond donors (Lipinski definition) is 4. The molecule has 1 aromatic carbocycles. The average Bonchev–Trinajstić information content (AvgIpc) is 2.76. The van der Waals surface area contributed by atoms with Crippen LogP contribution in [0, 0.1) is 11.5 Å². The zero-order valence-corrected chi connectivity index (χ0v) is 15.9. The third kappa shape index (κ3) is 4.30. The van der Waals surface area contributed by atoms with Crippen molar-refractivity contribution in [1.82, 2.24) is 0 Å². The Labute approximate surface area is 152 Å². The van der Waals surface area contributed by atoms with Crippen LogP contribution in [0.1, 0.15) is 10.4 Å². The van der Waals surface area contributed by atoms with Gasteiger partial charge in [-0.2, -0.15) is 0 Å². The lowest BCUT2D eigenvalue weighted by molar-refractivity contribution is -0.140. The van der Waals surface area contributed by atoms with Gasteiger partial charge in [0.15, 0.2) is 17.7 Å². The number of aliphatic hydroxyl groups excluding tert-OH is 3. The van der Waals surface area contributed by atoms with Gasteiger partial charge in [-0.15, -0.1) is 5.54 Å². The molecule has 2 rings (SSSR count). The first kappa shape index (κ1) is 20.1. The highest BCUT2D eigenvalue weighted by Crippen LogP contribution is 2.33. The van der Waals surface area contributed by atoms with Crippen molar-refractivity contribution in [2.75, 3.05) is 0 Å². The smallest absolute Gasteiger partial charge is 0.194 e. The Bertz CT molecular complexity index is 705. The van der Waals surface area contributed by atoms with E-state index < -0.39 is 44.1 Å². The predicted octanol–water partition coefficient (Wildman–Crippen LogP) is 0.574. The molecule has 1 fully saturated rings. The van der Waals surface area contributed by atoms with Crippen molar-refractivity contribution < 1.29 is 30.0 Å². The van der Waals surface area contributed by atoms with Gasteiger partial charge in [0.2, 0.25) is 0 Å². The zero-order valence-electron chi connectivity index (χ0n) is 14.1. The minimum atomic E-state index is -2.26. The van der Waals surface area contributed by atoms with Gasteiger partial charge in [0.1, 0.15) is 26.4 Å². The first-order valence-corrected chi connectivity index (χ1v) is 11.6. The molecule has 0 radical (unpaired) electrons. The van der Waals surface area contributed by atoms with Crippen LogP contribution in [0.2, 0.25) is 24.7 Å². The average molecular weight is 385 g/mol. The summed E-state index contributed by atoms with van der Waals surface area (Å²) in [6.45, 7) is 5.77. The van der Waals surface area contributed by atoms with E-state index >= 15 is 0 Å². The van der Waals surface area contributed by atoms with E-state index in [2.05, 4.69) is 11.5 Å². The molecular weight excluding hydrogens is 364 g/mol. The maximum Gasteiger partial charge on any atom is 0.194 e. The quantitative estimate of drug-likeness (QED) is 0.345. The molecule has 1 saturated heterocycles. The van der Waals surface area contributed by atoms with Crippen molar-refractivity contribution in [1.29, 1.82) is 0 Å². The van der Waals surface area contributed by atoms with Gasteiger partial charge in [0, 0.05) is 10.6 Å². The van der Waals surface area contributed by atoms with Crippen LogP contribution in [0.4, 0.5) is 0 Å². The first-order chi connectivity index (χ1) is 11.5. The van der Waals surface area contributed by atoms with E-state index in [4.69, 9.17) is 16.3 Å². The summed E-state index contributed by atoms with van der Waals surface area (Å²) in [5.41, 5.74) is 0.761. The van der Waals surface area contributed by atoms with Gasteiger partial charge in [0.05, 0.1) is 0 Å². The van der Waals surface area contributed by atoms with Crippen LogP contribution < -0.4 is 0 Å². The molecule has 1 heterocycles. The topological polar surface area (TPSA) is 107 Å². The number of aliphatic hydroxyl groups is 4. The van der Waals surface area contributed by atoms with E-state index in [1.807, 2.05) is 19.6 Å². The molecule has 6 nitrogen and oxygen atoms in total. The standard InChI is InChI=1S/C17H21ClO6Si/c1-25(2,3)9-8-17(23)14(21)16(22)24-15(17)13(20)12(19)10-4-6-11(18)7-5-10/h4-7,13-16,20-23H,1-3H3/t13?,14-,15+,16-,17-/m0/s1. The molecule has 0 aliphatic carbocycles. The molecule has 0 bridgehead atoms.